The van der Waals surface area contributed by atoms with Gasteiger partial charge in [-0.3, -0.25) is 14.8 Å². The minimum Gasteiger partial charge on any atom is -0.319 e. The second-order valence-corrected chi connectivity index (χ2v) is 5.52. The van der Waals surface area contributed by atoms with Crippen LogP contribution >= 0.6 is 0 Å². The predicted molar refractivity (Wildman–Crippen MR) is 90.1 cm³/mol. The fraction of sp³-hybridized carbons (Fsp3) is 0.167. The smallest absolute Gasteiger partial charge is 0.274 e. The van der Waals surface area contributed by atoms with Gasteiger partial charge in [-0.15, -0.1) is 0 Å². The van der Waals surface area contributed by atoms with Gasteiger partial charge in [0.05, 0.1) is 11.0 Å². The Kier molecular flexibility index (Phi) is 4.67. The average Bonchev–Trinajstić information content (AvgIpc) is 2.62. The van der Waals surface area contributed by atoms with E-state index >= 15 is 0 Å². The monoisotopic (exact) mass is 323 g/mol. The number of fused-ring (bicyclic) bond motifs is 1. The highest BCUT2D eigenvalue weighted by Gasteiger charge is 2.09. The summed E-state index contributed by atoms with van der Waals surface area (Å²) in [5, 5.41) is 8.71. The van der Waals surface area contributed by atoms with Crippen molar-refractivity contribution in [3.8, 4) is 0 Å². The Balaban J connectivity index is 1.80. The Hall–Kier alpha value is -2.99. The van der Waals surface area contributed by atoms with Crippen LogP contribution in [0.1, 0.15) is 28.0 Å². The minimum absolute atomic E-state index is 0.213. The third-order valence-electron chi connectivity index (χ3n) is 3.85. The molecule has 3 aromatic rings. The molecule has 0 fully saturated rings. The van der Waals surface area contributed by atoms with Crippen LogP contribution < -0.4 is 11.0 Å². The first-order valence-electron chi connectivity index (χ1n) is 7.68. The number of amides is 1. The number of benzene rings is 2. The second-order valence-electron chi connectivity index (χ2n) is 5.52. The highest BCUT2D eigenvalue weighted by molar-refractivity contribution is 5.96. The first-order chi connectivity index (χ1) is 11.7. The lowest BCUT2D eigenvalue weighted by molar-refractivity contribution is 0.0706. The zero-order valence-electron chi connectivity index (χ0n) is 13.0. The fourth-order valence-corrected chi connectivity index (χ4v) is 2.60. The first-order valence-corrected chi connectivity index (χ1v) is 7.68. The predicted octanol–water partition coefficient (Wildman–Crippen LogP) is 2.22. The molecular weight excluding hydrogens is 306 g/mol. The molecule has 0 aliphatic heterocycles. The SMILES string of the molecule is O=C(NO)c1ccc2[nH]c(=O)c(CCCc3ccccc3)nc2c1. The second kappa shape index (κ2) is 7.06. The van der Waals surface area contributed by atoms with E-state index in [9.17, 15) is 9.59 Å². The van der Waals surface area contributed by atoms with E-state index in [0.717, 1.165) is 12.8 Å². The van der Waals surface area contributed by atoms with Crippen LogP contribution in [-0.2, 0) is 12.8 Å². The lowest BCUT2D eigenvalue weighted by atomic mass is 10.1. The maximum atomic E-state index is 12.1. The molecule has 0 saturated heterocycles. The topological polar surface area (TPSA) is 95.1 Å². The Morgan fingerprint density at radius 1 is 1.12 bits per heavy atom. The summed E-state index contributed by atoms with van der Waals surface area (Å²) in [5.41, 5.74) is 4.39. The van der Waals surface area contributed by atoms with Gasteiger partial charge in [0.2, 0.25) is 0 Å². The Bertz CT molecular complexity index is 920. The number of aromatic nitrogens is 2. The van der Waals surface area contributed by atoms with Crippen LogP contribution in [-0.4, -0.2) is 21.1 Å². The van der Waals surface area contributed by atoms with Crippen LogP contribution in [0.2, 0.25) is 0 Å². The van der Waals surface area contributed by atoms with Crippen molar-refractivity contribution in [1.29, 1.82) is 0 Å². The van der Waals surface area contributed by atoms with E-state index in [0.29, 0.717) is 23.1 Å². The molecule has 24 heavy (non-hydrogen) atoms. The maximum Gasteiger partial charge on any atom is 0.274 e. The molecule has 6 heteroatoms. The van der Waals surface area contributed by atoms with Crippen LogP contribution in [0.4, 0.5) is 0 Å². The van der Waals surface area contributed by atoms with E-state index in [-0.39, 0.29) is 11.1 Å². The molecule has 0 aliphatic carbocycles. The van der Waals surface area contributed by atoms with Crippen molar-refractivity contribution >= 4 is 16.9 Å². The van der Waals surface area contributed by atoms with Crippen LogP contribution in [0.25, 0.3) is 11.0 Å². The largest absolute Gasteiger partial charge is 0.319 e. The van der Waals surface area contributed by atoms with Gasteiger partial charge in [0.25, 0.3) is 11.5 Å². The molecule has 1 amide bonds. The van der Waals surface area contributed by atoms with Gasteiger partial charge >= 0.3 is 0 Å². The number of hydrogen-bond acceptors (Lipinski definition) is 4. The number of nitrogens with zero attached hydrogens (tertiary/aromatic N) is 1. The molecule has 1 aromatic heterocycles. The van der Waals surface area contributed by atoms with Gasteiger partial charge in [-0.05, 0) is 43.0 Å². The Morgan fingerprint density at radius 2 is 1.92 bits per heavy atom. The van der Waals surface area contributed by atoms with E-state index in [1.165, 1.54) is 17.7 Å². The summed E-state index contributed by atoms with van der Waals surface area (Å²) >= 11 is 0. The molecule has 0 bridgehead atoms. The van der Waals surface area contributed by atoms with E-state index in [2.05, 4.69) is 22.1 Å². The number of rotatable bonds is 5. The molecule has 0 saturated carbocycles. The molecule has 2 aromatic carbocycles. The summed E-state index contributed by atoms with van der Waals surface area (Å²) in [7, 11) is 0. The number of carbonyl (C=O) groups is 1. The first kappa shape index (κ1) is 15.9. The number of carbonyl (C=O) groups excluding carboxylic acids is 1. The molecule has 0 atom stereocenters. The van der Waals surface area contributed by atoms with Crippen molar-refractivity contribution in [2.45, 2.75) is 19.3 Å². The number of aryl methyl sites for hydroxylation is 2. The van der Waals surface area contributed by atoms with Crippen molar-refractivity contribution in [3.05, 3.63) is 75.7 Å². The van der Waals surface area contributed by atoms with Crippen molar-refractivity contribution in [1.82, 2.24) is 15.4 Å². The highest BCUT2D eigenvalue weighted by Crippen LogP contribution is 2.12. The molecule has 0 aliphatic rings. The van der Waals surface area contributed by atoms with Crippen LogP contribution in [0.5, 0.6) is 0 Å². The molecule has 3 rings (SSSR count). The third kappa shape index (κ3) is 3.49. The summed E-state index contributed by atoms with van der Waals surface area (Å²) in [6, 6.07) is 14.7. The number of nitrogens with one attached hydrogen (secondary N) is 2. The zero-order chi connectivity index (χ0) is 16.9. The summed E-state index contributed by atoms with van der Waals surface area (Å²) in [6.45, 7) is 0. The molecule has 3 N–H and O–H groups in total. The highest BCUT2D eigenvalue weighted by atomic mass is 16.5. The summed E-state index contributed by atoms with van der Waals surface area (Å²) in [6.07, 6.45) is 2.23. The van der Waals surface area contributed by atoms with Gasteiger partial charge in [0, 0.05) is 5.56 Å². The van der Waals surface area contributed by atoms with Crippen molar-refractivity contribution in [2.75, 3.05) is 0 Å². The maximum absolute atomic E-state index is 12.1. The van der Waals surface area contributed by atoms with Crippen molar-refractivity contribution in [2.24, 2.45) is 0 Å². The van der Waals surface area contributed by atoms with E-state index in [4.69, 9.17) is 5.21 Å². The molecule has 122 valence electrons. The van der Waals surface area contributed by atoms with Crippen LogP contribution in [0.3, 0.4) is 0 Å². The molecule has 0 spiro atoms. The number of hydrogen-bond donors (Lipinski definition) is 3. The van der Waals surface area contributed by atoms with E-state index < -0.39 is 5.91 Å². The fourth-order valence-electron chi connectivity index (χ4n) is 2.60. The normalized spacial score (nSPS) is 10.7. The van der Waals surface area contributed by atoms with Gasteiger partial charge in [0.1, 0.15) is 5.69 Å². The van der Waals surface area contributed by atoms with E-state index in [1.807, 2.05) is 18.2 Å². The summed E-state index contributed by atoms with van der Waals surface area (Å²) < 4.78 is 0. The lowest BCUT2D eigenvalue weighted by Crippen LogP contribution is -2.19. The van der Waals surface area contributed by atoms with Crippen molar-refractivity contribution in [3.63, 3.8) is 0 Å². The molecule has 1 heterocycles. The molecule has 6 nitrogen and oxygen atoms in total. The molecule has 0 radical (unpaired) electrons. The number of H-pyrrole nitrogens is 1. The Labute approximate surface area is 138 Å². The average molecular weight is 323 g/mol. The minimum atomic E-state index is -0.615. The van der Waals surface area contributed by atoms with Crippen LogP contribution in [0, 0.1) is 0 Å². The summed E-state index contributed by atoms with van der Waals surface area (Å²) in [5.74, 6) is -0.615. The third-order valence-corrected chi connectivity index (χ3v) is 3.85. The van der Waals surface area contributed by atoms with Crippen LogP contribution in [0.15, 0.2) is 53.3 Å². The van der Waals surface area contributed by atoms with Gasteiger partial charge < -0.3 is 4.98 Å². The zero-order valence-corrected chi connectivity index (χ0v) is 13.0. The summed E-state index contributed by atoms with van der Waals surface area (Å²) in [4.78, 5) is 30.7. The standard InChI is InChI=1S/C18H17N3O3/c22-17(21-24)13-9-10-14-16(11-13)19-15(18(23)20-14)8-4-7-12-5-2-1-3-6-12/h1-3,5-6,9-11,24H,4,7-8H2,(H,20,23)(H,21,22). The van der Waals surface area contributed by atoms with Gasteiger partial charge in [0.15, 0.2) is 0 Å². The van der Waals surface area contributed by atoms with Crippen molar-refractivity contribution < 1.29 is 10.0 Å². The number of hydroxylamine groups is 1. The quantitative estimate of drug-likeness (QED) is 0.495. The Morgan fingerprint density at radius 3 is 2.67 bits per heavy atom. The van der Waals surface area contributed by atoms with Gasteiger partial charge in [-0.25, -0.2) is 10.5 Å². The van der Waals surface area contributed by atoms with Gasteiger partial charge in [-0.2, -0.15) is 0 Å². The van der Waals surface area contributed by atoms with Gasteiger partial charge in [-0.1, -0.05) is 30.3 Å². The molecular formula is C18H17N3O3. The lowest BCUT2D eigenvalue weighted by Gasteiger charge is -2.05. The number of aromatic amines is 1. The van der Waals surface area contributed by atoms with E-state index in [1.54, 1.807) is 11.5 Å². The molecule has 0 unspecified atom stereocenters.